The van der Waals surface area contributed by atoms with Crippen LogP contribution in [0.4, 0.5) is 13.2 Å². The molecule has 0 radical (unpaired) electrons. The number of carboxylic acid groups (broad SMARTS) is 1. The molecule has 0 saturated heterocycles. The zero-order chi connectivity index (χ0) is 19.1. The molecule has 0 atom stereocenters. The van der Waals surface area contributed by atoms with Gasteiger partial charge in [-0.2, -0.15) is 0 Å². The fourth-order valence-corrected chi connectivity index (χ4v) is 2.85. The highest BCUT2D eigenvalue weighted by Gasteiger charge is 2.31. The third-order valence-electron chi connectivity index (χ3n) is 4.02. The number of halogens is 3. The quantitative estimate of drug-likeness (QED) is 0.680. The van der Waals surface area contributed by atoms with E-state index in [4.69, 9.17) is 0 Å². The number of fused-ring (bicyclic) bond motifs is 1. The summed E-state index contributed by atoms with van der Waals surface area (Å²) in [6.45, 7) is 4.04. The standard InChI is InChI=1S/C19H16F3NO3/c1-11(2)12-4-3-5-14(8-12)23-16-7-6-15(26-19(20,21)22)9-13(16)10-17(23)18(24)25/h3-11H,1-2H3,(H,24,25). The van der Waals surface area contributed by atoms with Gasteiger partial charge in [-0.05, 0) is 47.9 Å². The molecule has 0 aliphatic heterocycles. The van der Waals surface area contributed by atoms with Gasteiger partial charge in [-0.1, -0.05) is 26.0 Å². The highest BCUT2D eigenvalue weighted by molar-refractivity contribution is 5.96. The summed E-state index contributed by atoms with van der Waals surface area (Å²) in [4.78, 5) is 11.7. The maximum Gasteiger partial charge on any atom is 0.573 e. The van der Waals surface area contributed by atoms with Crippen molar-refractivity contribution in [3.63, 3.8) is 0 Å². The van der Waals surface area contributed by atoms with E-state index in [0.29, 0.717) is 16.6 Å². The molecule has 26 heavy (non-hydrogen) atoms. The van der Waals surface area contributed by atoms with Crippen LogP contribution in [0, 0.1) is 0 Å². The topological polar surface area (TPSA) is 51.5 Å². The summed E-state index contributed by atoms with van der Waals surface area (Å²) in [6.07, 6.45) is -4.81. The second-order valence-electron chi connectivity index (χ2n) is 6.19. The lowest BCUT2D eigenvalue weighted by Crippen LogP contribution is -2.16. The highest BCUT2D eigenvalue weighted by atomic mass is 19.4. The number of benzene rings is 2. The Bertz CT molecular complexity index is 974. The molecule has 0 spiro atoms. The molecule has 1 aromatic heterocycles. The van der Waals surface area contributed by atoms with Crippen molar-refractivity contribution in [2.75, 3.05) is 0 Å². The zero-order valence-corrected chi connectivity index (χ0v) is 14.0. The van der Waals surface area contributed by atoms with Gasteiger partial charge in [0.1, 0.15) is 11.4 Å². The van der Waals surface area contributed by atoms with E-state index in [9.17, 15) is 23.1 Å². The van der Waals surface area contributed by atoms with Crippen molar-refractivity contribution in [3.8, 4) is 11.4 Å². The minimum atomic E-state index is -4.81. The summed E-state index contributed by atoms with van der Waals surface area (Å²) in [6, 6.07) is 12.5. The lowest BCUT2D eigenvalue weighted by atomic mass is 10.0. The van der Waals surface area contributed by atoms with Crippen molar-refractivity contribution < 1.29 is 27.8 Å². The Labute approximate surface area is 147 Å². The number of nitrogens with zero attached hydrogens (tertiary/aromatic N) is 1. The normalized spacial score (nSPS) is 11.9. The predicted octanol–water partition coefficient (Wildman–Crippen LogP) is 5.35. The first-order valence-corrected chi connectivity index (χ1v) is 7.90. The van der Waals surface area contributed by atoms with Crippen LogP contribution in [0.2, 0.25) is 0 Å². The lowest BCUT2D eigenvalue weighted by Gasteiger charge is -2.13. The summed E-state index contributed by atoms with van der Waals surface area (Å²) in [5.41, 5.74) is 2.11. The van der Waals surface area contributed by atoms with Crippen molar-refractivity contribution >= 4 is 16.9 Å². The molecule has 0 saturated carbocycles. The largest absolute Gasteiger partial charge is 0.573 e. The molecule has 0 fully saturated rings. The number of carboxylic acids is 1. The van der Waals surface area contributed by atoms with Gasteiger partial charge in [0.25, 0.3) is 0 Å². The fourth-order valence-electron chi connectivity index (χ4n) is 2.85. The maximum absolute atomic E-state index is 12.4. The van der Waals surface area contributed by atoms with Crippen molar-refractivity contribution in [2.24, 2.45) is 0 Å². The second-order valence-corrected chi connectivity index (χ2v) is 6.19. The third kappa shape index (κ3) is 3.51. The van der Waals surface area contributed by atoms with Gasteiger partial charge < -0.3 is 14.4 Å². The fraction of sp³-hybridized carbons (Fsp3) is 0.211. The van der Waals surface area contributed by atoms with E-state index >= 15 is 0 Å². The van der Waals surface area contributed by atoms with E-state index < -0.39 is 18.1 Å². The summed E-state index contributed by atoms with van der Waals surface area (Å²) in [5, 5.41) is 9.88. The molecule has 1 heterocycles. The molecule has 0 aliphatic carbocycles. The van der Waals surface area contributed by atoms with Crippen LogP contribution in [-0.2, 0) is 0 Å². The smallest absolute Gasteiger partial charge is 0.477 e. The summed E-state index contributed by atoms with van der Waals surface area (Å²) in [5.74, 6) is -1.32. The number of ether oxygens (including phenoxy) is 1. The minimum absolute atomic E-state index is 0.0370. The first kappa shape index (κ1) is 17.8. The van der Waals surface area contributed by atoms with Crippen LogP contribution >= 0.6 is 0 Å². The molecule has 0 unspecified atom stereocenters. The van der Waals surface area contributed by atoms with E-state index in [1.54, 1.807) is 6.07 Å². The summed E-state index contributed by atoms with van der Waals surface area (Å²) in [7, 11) is 0. The van der Waals surface area contributed by atoms with E-state index in [0.717, 1.165) is 5.56 Å². The number of aromatic nitrogens is 1. The number of rotatable bonds is 4. The monoisotopic (exact) mass is 363 g/mol. The number of hydrogen-bond acceptors (Lipinski definition) is 2. The minimum Gasteiger partial charge on any atom is -0.477 e. The molecule has 3 rings (SSSR count). The molecule has 2 aromatic carbocycles. The Morgan fingerprint density at radius 3 is 2.46 bits per heavy atom. The zero-order valence-electron chi connectivity index (χ0n) is 14.0. The number of hydrogen-bond donors (Lipinski definition) is 1. The maximum atomic E-state index is 12.4. The molecule has 0 amide bonds. The molecular formula is C19H16F3NO3. The third-order valence-corrected chi connectivity index (χ3v) is 4.02. The molecule has 3 aromatic rings. The van der Waals surface area contributed by atoms with Crippen LogP contribution in [0.1, 0.15) is 35.8 Å². The van der Waals surface area contributed by atoms with Gasteiger partial charge in [-0.25, -0.2) is 4.79 Å². The SMILES string of the molecule is CC(C)c1cccc(-n2c(C(=O)O)cc3cc(OC(F)(F)F)ccc32)c1. The average molecular weight is 363 g/mol. The van der Waals surface area contributed by atoms with Crippen LogP contribution in [-0.4, -0.2) is 22.0 Å². The Morgan fingerprint density at radius 1 is 1.12 bits per heavy atom. The number of alkyl halides is 3. The molecule has 136 valence electrons. The lowest BCUT2D eigenvalue weighted by molar-refractivity contribution is -0.274. The van der Waals surface area contributed by atoms with Crippen LogP contribution in [0.25, 0.3) is 16.6 Å². The Balaban J connectivity index is 2.19. The molecule has 1 N–H and O–H groups in total. The van der Waals surface area contributed by atoms with Crippen LogP contribution in [0.5, 0.6) is 5.75 Å². The van der Waals surface area contributed by atoms with Crippen molar-refractivity contribution in [1.29, 1.82) is 0 Å². The van der Waals surface area contributed by atoms with Gasteiger partial charge in [-0.3, -0.25) is 0 Å². The summed E-state index contributed by atoms with van der Waals surface area (Å²) >= 11 is 0. The molecule has 7 heteroatoms. The van der Waals surface area contributed by atoms with Crippen LogP contribution in [0.15, 0.2) is 48.5 Å². The first-order valence-electron chi connectivity index (χ1n) is 7.90. The van der Waals surface area contributed by atoms with Crippen LogP contribution in [0.3, 0.4) is 0 Å². The van der Waals surface area contributed by atoms with Gasteiger partial charge in [0.15, 0.2) is 0 Å². The Morgan fingerprint density at radius 2 is 1.85 bits per heavy atom. The van der Waals surface area contributed by atoms with E-state index in [1.165, 1.54) is 28.8 Å². The second kappa shape index (κ2) is 6.40. The Kier molecular flexibility index (Phi) is 4.39. The predicted molar refractivity (Wildman–Crippen MR) is 91.0 cm³/mol. The number of carbonyl (C=O) groups is 1. The van der Waals surface area contributed by atoms with Crippen molar-refractivity contribution in [3.05, 3.63) is 59.8 Å². The molecule has 0 bridgehead atoms. The van der Waals surface area contributed by atoms with E-state index in [-0.39, 0.29) is 11.6 Å². The van der Waals surface area contributed by atoms with Crippen LogP contribution < -0.4 is 4.74 Å². The number of aromatic carboxylic acids is 1. The van der Waals surface area contributed by atoms with Gasteiger partial charge in [0, 0.05) is 11.1 Å². The van der Waals surface area contributed by atoms with Gasteiger partial charge >= 0.3 is 12.3 Å². The van der Waals surface area contributed by atoms with Crippen molar-refractivity contribution in [2.45, 2.75) is 26.1 Å². The highest BCUT2D eigenvalue weighted by Crippen LogP contribution is 2.31. The van der Waals surface area contributed by atoms with Gasteiger partial charge in [-0.15, -0.1) is 13.2 Å². The molecule has 4 nitrogen and oxygen atoms in total. The molecule has 0 aliphatic rings. The summed E-state index contributed by atoms with van der Waals surface area (Å²) < 4.78 is 42.7. The van der Waals surface area contributed by atoms with E-state index in [2.05, 4.69) is 4.74 Å². The van der Waals surface area contributed by atoms with Gasteiger partial charge in [0.2, 0.25) is 0 Å². The Hall–Kier alpha value is -2.96. The average Bonchev–Trinajstić information content (AvgIpc) is 2.92. The van der Waals surface area contributed by atoms with Crippen molar-refractivity contribution in [1.82, 2.24) is 4.57 Å². The van der Waals surface area contributed by atoms with Gasteiger partial charge in [0.05, 0.1) is 5.52 Å². The first-order chi connectivity index (χ1) is 12.2. The van der Waals surface area contributed by atoms with E-state index in [1.807, 2.05) is 32.0 Å². The molecular weight excluding hydrogens is 347 g/mol.